The molecule has 0 bridgehead atoms. The van der Waals surface area contributed by atoms with Crippen LogP contribution in [0.25, 0.3) is 0 Å². The third-order valence-corrected chi connectivity index (χ3v) is 7.21. The molecule has 8 heteroatoms. The first kappa shape index (κ1) is 25.0. The maximum Gasteiger partial charge on any atom is 0.241 e. The van der Waals surface area contributed by atoms with Crippen LogP contribution in [0.5, 0.6) is 0 Å². The number of hydrogen-bond donors (Lipinski definition) is 0. The number of carbonyl (C=O) groups excluding carboxylic acids is 3. The number of halogens is 1. The molecule has 2 fully saturated rings. The number of amides is 3. The minimum absolute atomic E-state index is 0.0239. The molecule has 35 heavy (non-hydrogen) atoms. The molecule has 3 amide bonds. The van der Waals surface area contributed by atoms with Gasteiger partial charge in [0.15, 0.2) is 0 Å². The van der Waals surface area contributed by atoms with E-state index in [-0.39, 0.29) is 42.8 Å². The largest absolute Gasteiger partial charge is 0.339 e. The van der Waals surface area contributed by atoms with Gasteiger partial charge in [-0.1, -0.05) is 48.5 Å². The van der Waals surface area contributed by atoms with Crippen molar-refractivity contribution >= 4 is 17.7 Å². The fourth-order valence-corrected chi connectivity index (χ4v) is 5.13. The first-order chi connectivity index (χ1) is 16.7. The lowest BCUT2D eigenvalue weighted by Gasteiger charge is -2.41. The lowest BCUT2D eigenvalue weighted by molar-refractivity contribution is -0.143. The number of imide groups is 1. The van der Waals surface area contributed by atoms with Crippen LogP contribution in [0.2, 0.25) is 0 Å². The van der Waals surface area contributed by atoms with Gasteiger partial charge in [0, 0.05) is 51.1 Å². The van der Waals surface area contributed by atoms with Crippen molar-refractivity contribution in [2.75, 3.05) is 53.9 Å². The molecule has 2 aromatic carbocycles. The monoisotopic (exact) mass is 480 g/mol. The normalized spacial score (nSPS) is 23.4. The molecule has 2 aromatic rings. The van der Waals surface area contributed by atoms with Crippen LogP contribution >= 0.6 is 0 Å². The highest BCUT2D eigenvalue weighted by atomic mass is 19.1. The smallest absolute Gasteiger partial charge is 0.241 e. The molecule has 0 saturated carbocycles. The van der Waals surface area contributed by atoms with E-state index in [1.165, 1.54) is 17.0 Å². The molecule has 0 N–H and O–H groups in total. The molecule has 2 saturated heterocycles. The number of benzene rings is 2. The van der Waals surface area contributed by atoms with Gasteiger partial charge in [-0.15, -0.1) is 0 Å². The summed E-state index contributed by atoms with van der Waals surface area (Å²) in [5, 5.41) is 0. The highest BCUT2D eigenvalue weighted by Crippen LogP contribution is 2.41. The number of carbonyl (C=O) groups is 3. The van der Waals surface area contributed by atoms with Gasteiger partial charge in [-0.2, -0.15) is 0 Å². The number of likely N-dealkylation sites (N-methyl/N-ethyl adjacent to an activating group) is 2. The summed E-state index contributed by atoms with van der Waals surface area (Å²) in [5.74, 6) is -1.67. The van der Waals surface area contributed by atoms with E-state index in [0.717, 1.165) is 5.56 Å². The van der Waals surface area contributed by atoms with Crippen molar-refractivity contribution in [1.82, 2.24) is 19.6 Å². The second-order valence-corrected chi connectivity index (χ2v) is 9.82. The van der Waals surface area contributed by atoms with Crippen molar-refractivity contribution in [2.24, 2.45) is 0 Å². The van der Waals surface area contributed by atoms with Gasteiger partial charge in [-0.25, -0.2) is 4.39 Å². The molecular formula is C27H33FN4O3. The van der Waals surface area contributed by atoms with E-state index in [0.29, 0.717) is 26.2 Å². The van der Waals surface area contributed by atoms with Crippen molar-refractivity contribution in [3.63, 3.8) is 0 Å². The van der Waals surface area contributed by atoms with Crippen LogP contribution in [0, 0.1) is 5.82 Å². The number of likely N-dealkylation sites (tertiary alicyclic amines) is 1. The van der Waals surface area contributed by atoms with Gasteiger partial charge in [-0.3, -0.25) is 24.2 Å². The maximum absolute atomic E-state index is 15.0. The summed E-state index contributed by atoms with van der Waals surface area (Å²) in [6.07, 6.45) is -0.440. The summed E-state index contributed by atoms with van der Waals surface area (Å²) in [6.45, 7) is 2.37. The Labute approximate surface area is 206 Å². The van der Waals surface area contributed by atoms with E-state index in [9.17, 15) is 14.4 Å². The van der Waals surface area contributed by atoms with Crippen LogP contribution < -0.4 is 0 Å². The third-order valence-electron chi connectivity index (χ3n) is 7.21. The van der Waals surface area contributed by atoms with E-state index >= 15 is 4.39 Å². The van der Waals surface area contributed by atoms with E-state index in [2.05, 4.69) is 4.90 Å². The summed E-state index contributed by atoms with van der Waals surface area (Å²) in [6, 6.07) is 16.0. The Morgan fingerprint density at radius 3 is 2.43 bits per heavy atom. The summed E-state index contributed by atoms with van der Waals surface area (Å²) in [4.78, 5) is 47.3. The zero-order chi connectivity index (χ0) is 25.2. The van der Waals surface area contributed by atoms with E-state index in [1.54, 1.807) is 17.0 Å². The first-order valence-electron chi connectivity index (χ1n) is 12.0. The fourth-order valence-electron chi connectivity index (χ4n) is 5.13. The molecule has 2 aliphatic heterocycles. The van der Waals surface area contributed by atoms with Crippen LogP contribution in [0.1, 0.15) is 30.0 Å². The average Bonchev–Trinajstić information content (AvgIpc) is 3.08. The van der Waals surface area contributed by atoms with Gasteiger partial charge >= 0.3 is 0 Å². The van der Waals surface area contributed by atoms with Crippen LogP contribution in [-0.2, 0) is 19.8 Å². The SMILES string of the molecule is CN(C)CCN1C(=O)C[C@@](CC(=O)N2CCN(C)[C@H](c3ccccc3)C2)(c2ccccc2F)C1=O. The Kier molecular flexibility index (Phi) is 7.33. The second kappa shape index (κ2) is 10.3. The molecule has 7 nitrogen and oxygen atoms in total. The second-order valence-electron chi connectivity index (χ2n) is 9.82. The predicted molar refractivity (Wildman–Crippen MR) is 131 cm³/mol. The molecule has 0 spiro atoms. The topological polar surface area (TPSA) is 64.2 Å². The van der Waals surface area contributed by atoms with Crippen LogP contribution in [-0.4, -0.2) is 91.2 Å². The van der Waals surface area contributed by atoms with Crippen molar-refractivity contribution in [1.29, 1.82) is 0 Å². The predicted octanol–water partition coefficient (Wildman–Crippen LogP) is 2.29. The van der Waals surface area contributed by atoms with Crippen molar-refractivity contribution in [3.8, 4) is 0 Å². The molecule has 186 valence electrons. The minimum atomic E-state index is -1.53. The lowest BCUT2D eigenvalue weighted by Crippen LogP contribution is -2.51. The van der Waals surface area contributed by atoms with Crippen molar-refractivity contribution < 1.29 is 18.8 Å². The maximum atomic E-state index is 15.0. The summed E-state index contributed by atoms with van der Waals surface area (Å²) in [5.41, 5.74) is -0.302. The quantitative estimate of drug-likeness (QED) is 0.569. The lowest BCUT2D eigenvalue weighted by atomic mass is 9.75. The van der Waals surface area contributed by atoms with Gasteiger partial charge in [-0.05, 0) is 32.8 Å². The van der Waals surface area contributed by atoms with E-state index < -0.39 is 17.1 Å². The summed E-state index contributed by atoms with van der Waals surface area (Å²) < 4.78 is 15.0. The Hall–Kier alpha value is -3.10. The van der Waals surface area contributed by atoms with Crippen molar-refractivity contribution in [3.05, 3.63) is 71.5 Å². The van der Waals surface area contributed by atoms with Crippen LogP contribution in [0.3, 0.4) is 0 Å². The van der Waals surface area contributed by atoms with Crippen molar-refractivity contribution in [2.45, 2.75) is 24.3 Å². The Morgan fingerprint density at radius 1 is 1.06 bits per heavy atom. The number of hydrogen-bond acceptors (Lipinski definition) is 5. The van der Waals surface area contributed by atoms with Gasteiger partial charge in [0.2, 0.25) is 17.7 Å². The van der Waals surface area contributed by atoms with E-state index in [4.69, 9.17) is 0 Å². The van der Waals surface area contributed by atoms with Crippen LogP contribution in [0.4, 0.5) is 4.39 Å². The Morgan fingerprint density at radius 2 is 1.74 bits per heavy atom. The number of piperazine rings is 1. The van der Waals surface area contributed by atoms with E-state index in [1.807, 2.05) is 56.4 Å². The van der Waals surface area contributed by atoms with Crippen LogP contribution in [0.15, 0.2) is 54.6 Å². The Bertz CT molecular complexity index is 1090. The highest BCUT2D eigenvalue weighted by Gasteiger charge is 2.55. The molecule has 2 atom stereocenters. The summed E-state index contributed by atoms with van der Waals surface area (Å²) in [7, 11) is 5.74. The Balaban J connectivity index is 1.62. The number of nitrogens with zero attached hydrogens (tertiary/aromatic N) is 4. The fraction of sp³-hybridized carbons (Fsp3) is 0.444. The minimum Gasteiger partial charge on any atom is -0.339 e. The molecule has 0 aliphatic carbocycles. The third kappa shape index (κ3) is 4.99. The standard InChI is InChI=1S/C27H33FN4O3/c1-29(2)13-16-32-25(34)18-27(26(32)35,21-11-7-8-12-22(21)28)17-24(33)31-15-14-30(3)23(19-31)20-9-5-4-6-10-20/h4-12,23H,13-19H2,1-3H3/t23-,27-/m0/s1. The zero-order valence-corrected chi connectivity index (χ0v) is 20.6. The molecule has 2 heterocycles. The van der Waals surface area contributed by atoms with Gasteiger partial charge < -0.3 is 9.80 Å². The molecule has 2 aliphatic rings. The molecule has 0 aromatic heterocycles. The zero-order valence-electron chi connectivity index (χ0n) is 20.6. The average molecular weight is 481 g/mol. The first-order valence-corrected chi connectivity index (χ1v) is 12.0. The molecule has 0 unspecified atom stereocenters. The van der Waals surface area contributed by atoms with Gasteiger partial charge in [0.1, 0.15) is 5.82 Å². The number of rotatable bonds is 7. The molecule has 4 rings (SSSR count). The van der Waals surface area contributed by atoms with Gasteiger partial charge in [0.25, 0.3) is 0 Å². The summed E-state index contributed by atoms with van der Waals surface area (Å²) >= 11 is 0. The van der Waals surface area contributed by atoms with Gasteiger partial charge in [0.05, 0.1) is 11.5 Å². The molecular weight excluding hydrogens is 447 g/mol. The highest BCUT2D eigenvalue weighted by molar-refractivity contribution is 6.10. The molecule has 0 radical (unpaired) electrons.